The molecule has 0 amide bonds. The van der Waals surface area contributed by atoms with E-state index in [4.69, 9.17) is 9.47 Å². The second-order valence-electron chi connectivity index (χ2n) is 6.85. The molecule has 0 N–H and O–H groups in total. The van der Waals surface area contributed by atoms with Gasteiger partial charge in [-0.15, -0.1) is 0 Å². The molecule has 3 aromatic carbocycles. The number of nitriles is 1. The number of hydrogen-bond acceptors (Lipinski definition) is 3. The lowest BCUT2D eigenvalue weighted by Crippen LogP contribution is -2.00. The molecule has 0 fully saturated rings. The summed E-state index contributed by atoms with van der Waals surface area (Å²) >= 11 is 2.25. The predicted molar refractivity (Wildman–Crippen MR) is 126 cm³/mol. The first-order chi connectivity index (χ1) is 14.0. The molecular formula is C25H22INO2. The lowest BCUT2D eigenvalue weighted by atomic mass is 10.0. The maximum Gasteiger partial charge on any atom is 0.174 e. The molecule has 0 atom stereocenters. The van der Waals surface area contributed by atoms with Crippen LogP contribution in [0, 0.1) is 28.7 Å². The zero-order chi connectivity index (χ0) is 20.8. The largest absolute Gasteiger partial charge is 0.493 e. The first-order valence-corrected chi connectivity index (χ1v) is 10.3. The molecule has 0 unspecified atom stereocenters. The highest BCUT2D eigenvalue weighted by molar-refractivity contribution is 14.1. The van der Waals surface area contributed by atoms with E-state index >= 15 is 0 Å². The van der Waals surface area contributed by atoms with Gasteiger partial charge in [0, 0.05) is 0 Å². The van der Waals surface area contributed by atoms with Gasteiger partial charge >= 0.3 is 0 Å². The summed E-state index contributed by atoms with van der Waals surface area (Å²) in [7, 11) is 1.63. The smallest absolute Gasteiger partial charge is 0.174 e. The maximum absolute atomic E-state index is 9.62. The van der Waals surface area contributed by atoms with E-state index < -0.39 is 0 Å². The Morgan fingerprint density at radius 3 is 2.45 bits per heavy atom. The maximum atomic E-state index is 9.62. The van der Waals surface area contributed by atoms with Gasteiger partial charge < -0.3 is 9.47 Å². The van der Waals surface area contributed by atoms with Crippen LogP contribution in [-0.4, -0.2) is 7.11 Å². The van der Waals surface area contributed by atoms with Crippen LogP contribution in [-0.2, 0) is 6.61 Å². The van der Waals surface area contributed by atoms with Crippen molar-refractivity contribution in [3.63, 3.8) is 0 Å². The molecule has 3 nitrogen and oxygen atoms in total. The number of hydrogen-bond donors (Lipinski definition) is 0. The van der Waals surface area contributed by atoms with Crippen molar-refractivity contribution in [1.82, 2.24) is 0 Å². The molecule has 0 saturated carbocycles. The summed E-state index contributed by atoms with van der Waals surface area (Å²) in [5.41, 5.74) is 5.87. The van der Waals surface area contributed by atoms with Crippen molar-refractivity contribution >= 4 is 34.2 Å². The minimum absolute atomic E-state index is 0.468. The van der Waals surface area contributed by atoms with E-state index in [0.717, 1.165) is 25.8 Å². The fraction of sp³-hybridized carbons (Fsp3) is 0.160. The molecule has 0 aliphatic rings. The normalized spacial score (nSPS) is 11.1. The van der Waals surface area contributed by atoms with Gasteiger partial charge in [-0.3, -0.25) is 0 Å². The summed E-state index contributed by atoms with van der Waals surface area (Å²) in [5.74, 6) is 1.36. The van der Waals surface area contributed by atoms with Gasteiger partial charge in [-0.2, -0.15) is 5.26 Å². The number of halogens is 1. The zero-order valence-corrected chi connectivity index (χ0v) is 18.9. The van der Waals surface area contributed by atoms with Crippen molar-refractivity contribution in [3.05, 3.63) is 92.1 Å². The minimum atomic E-state index is 0.468. The van der Waals surface area contributed by atoms with Crippen molar-refractivity contribution < 1.29 is 9.47 Å². The number of ether oxygens (including phenoxy) is 2. The Morgan fingerprint density at radius 2 is 1.79 bits per heavy atom. The second-order valence-corrected chi connectivity index (χ2v) is 8.01. The van der Waals surface area contributed by atoms with Crippen LogP contribution in [0.3, 0.4) is 0 Å². The summed E-state index contributed by atoms with van der Waals surface area (Å²) < 4.78 is 12.6. The Morgan fingerprint density at radius 1 is 1.03 bits per heavy atom. The van der Waals surface area contributed by atoms with E-state index in [9.17, 15) is 5.26 Å². The van der Waals surface area contributed by atoms with Gasteiger partial charge in [0.25, 0.3) is 0 Å². The van der Waals surface area contributed by atoms with Crippen LogP contribution in [0.1, 0.15) is 27.8 Å². The third kappa shape index (κ3) is 5.39. The first-order valence-electron chi connectivity index (χ1n) is 9.25. The highest BCUT2D eigenvalue weighted by Crippen LogP contribution is 2.35. The van der Waals surface area contributed by atoms with Crippen LogP contribution in [0.15, 0.2) is 60.7 Å². The average Bonchev–Trinajstić information content (AvgIpc) is 2.71. The van der Waals surface area contributed by atoms with Gasteiger partial charge in [-0.25, -0.2) is 0 Å². The van der Waals surface area contributed by atoms with Crippen LogP contribution in [0.2, 0.25) is 0 Å². The average molecular weight is 495 g/mol. The third-order valence-electron chi connectivity index (χ3n) is 4.51. The van der Waals surface area contributed by atoms with Crippen molar-refractivity contribution in [1.29, 1.82) is 5.26 Å². The van der Waals surface area contributed by atoms with Gasteiger partial charge in [-0.1, -0.05) is 59.7 Å². The molecule has 0 radical (unpaired) electrons. The summed E-state index contributed by atoms with van der Waals surface area (Å²) in [6.45, 7) is 4.56. The lowest BCUT2D eigenvalue weighted by Gasteiger charge is -2.14. The minimum Gasteiger partial charge on any atom is -0.493 e. The Labute approximate surface area is 185 Å². The molecular weight excluding hydrogens is 473 g/mol. The highest BCUT2D eigenvalue weighted by atomic mass is 127. The number of methoxy groups -OCH3 is 1. The fourth-order valence-corrected chi connectivity index (χ4v) is 3.78. The number of allylic oxidation sites excluding steroid dienone is 1. The van der Waals surface area contributed by atoms with Crippen molar-refractivity contribution in [2.24, 2.45) is 0 Å². The van der Waals surface area contributed by atoms with E-state index in [1.165, 1.54) is 5.56 Å². The first kappa shape index (κ1) is 20.9. The summed E-state index contributed by atoms with van der Waals surface area (Å²) in [6.07, 6.45) is 1.87. The molecule has 3 aromatic rings. The number of rotatable bonds is 6. The molecule has 146 valence electrons. The lowest BCUT2D eigenvalue weighted by molar-refractivity contribution is 0.282. The van der Waals surface area contributed by atoms with Crippen LogP contribution in [0.25, 0.3) is 11.6 Å². The van der Waals surface area contributed by atoms with E-state index in [1.54, 1.807) is 7.11 Å². The molecule has 0 saturated heterocycles. The topological polar surface area (TPSA) is 42.2 Å². The molecule has 0 bridgehead atoms. The highest BCUT2D eigenvalue weighted by Gasteiger charge is 2.12. The molecule has 3 rings (SSSR count). The van der Waals surface area contributed by atoms with Gasteiger partial charge in [0.05, 0.1) is 22.3 Å². The van der Waals surface area contributed by atoms with E-state index in [2.05, 4.69) is 47.7 Å². The SMILES string of the molecule is COc1cc(/C=C(/C#N)c2ccc(C)cc2)cc(I)c1OCc1cccc(C)c1. The Kier molecular flexibility index (Phi) is 6.95. The third-order valence-corrected chi connectivity index (χ3v) is 5.31. The van der Waals surface area contributed by atoms with Crippen LogP contribution >= 0.6 is 22.6 Å². The molecule has 0 spiro atoms. The summed E-state index contributed by atoms with van der Waals surface area (Å²) in [4.78, 5) is 0. The van der Waals surface area contributed by atoms with E-state index in [1.807, 2.05) is 61.5 Å². The van der Waals surface area contributed by atoms with Gasteiger partial charge in [-0.05, 0) is 71.3 Å². The zero-order valence-electron chi connectivity index (χ0n) is 16.7. The molecule has 4 heteroatoms. The van der Waals surface area contributed by atoms with Crippen LogP contribution < -0.4 is 9.47 Å². The van der Waals surface area contributed by atoms with Crippen molar-refractivity contribution in [2.45, 2.75) is 20.5 Å². The summed E-state index contributed by atoms with van der Waals surface area (Å²) in [6, 6.07) is 22.4. The monoisotopic (exact) mass is 495 g/mol. The Hall–Kier alpha value is -2.78. The van der Waals surface area contributed by atoms with Crippen LogP contribution in [0.4, 0.5) is 0 Å². The number of nitrogens with zero attached hydrogens (tertiary/aromatic N) is 1. The molecule has 0 heterocycles. The molecule has 29 heavy (non-hydrogen) atoms. The Bertz CT molecular complexity index is 1080. The van der Waals surface area contributed by atoms with Crippen molar-refractivity contribution in [3.8, 4) is 17.6 Å². The summed E-state index contributed by atoms with van der Waals surface area (Å²) in [5, 5.41) is 9.62. The van der Waals surface area contributed by atoms with Gasteiger partial charge in [0.15, 0.2) is 11.5 Å². The predicted octanol–water partition coefficient (Wildman–Crippen LogP) is 6.56. The number of aryl methyl sites for hydroxylation is 2. The van der Waals surface area contributed by atoms with Gasteiger partial charge in [0.1, 0.15) is 6.61 Å². The van der Waals surface area contributed by atoms with Gasteiger partial charge in [0.2, 0.25) is 0 Å². The van der Waals surface area contributed by atoms with E-state index in [-0.39, 0.29) is 0 Å². The molecule has 0 aliphatic carbocycles. The molecule has 0 aliphatic heterocycles. The van der Waals surface area contributed by atoms with Crippen molar-refractivity contribution in [2.75, 3.05) is 7.11 Å². The standard InChI is InChI=1S/C25H22INO2/c1-17-7-9-21(10-8-17)22(15-27)12-20-13-23(26)25(24(14-20)28-3)29-16-19-6-4-5-18(2)11-19/h4-14H,16H2,1-3H3/b22-12-. The quantitative estimate of drug-likeness (QED) is 0.221. The van der Waals surface area contributed by atoms with Crippen LogP contribution in [0.5, 0.6) is 11.5 Å². The molecule has 0 aromatic heterocycles. The Balaban J connectivity index is 1.89. The van der Waals surface area contributed by atoms with E-state index in [0.29, 0.717) is 23.7 Å². The number of benzene rings is 3. The fourth-order valence-electron chi connectivity index (χ4n) is 3.00. The second kappa shape index (κ2) is 9.62.